The molecule has 0 saturated heterocycles. The summed E-state index contributed by atoms with van der Waals surface area (Å²) in [4.78, 5) is 16.3. The second-order valence-electron chi connectivity index (χ2n) is 4.86. The summed E-state index contributed by atoms with van der Waals surface area (Å²) in [5, 5.41) is 2.95. The molecular weight excluding hydrogens is 266 g/mol. The van der Waals surface area contributed by atoms with Crippen molar-refractivity contribution in [2.75, 3.05) is 7.11 Å². The van der Waals surface area contributed by atoms with Crippen LogP contribution in [0.15, 0.2) is 48.8 Å². The fourth-order valence-electron chi connectivity index (χ4n) is 2.00. The molecule has 0 aliphatic rings. The van der Waals surface area contributed by atoms with Gasteiger partial charge in [-0.05, 0) is 24.6 Å². The van der Waals surface area contributed by atoms with E-state index in [9.17, 15) is 4.79 Å². The van der Waals surface area contributed by atoms with Crippen LogP contribution in [0.2, 0.25) is 0 Å². The molecule has 21 heavy (non-hydrogen) atoms. The molecule has 2 aromatic rings. The van der Waals surface area contributed by atoms with E-state index in [1.807, 2.05) is 42.1 Å². The molecule has 1 atom stereocenters. The molecule has 0 aliphatic heterocycles. The second-order valence-corrected chi connectivity index (χ2v) is 4.86. The zero-order chi connectivity index (χ0) is 15.4. The lowest BCUT2D eigenvalue weighted by Gasteiger charge is -2.19. The molecule has 1 amide bonds. The van der Waals surface area contributed by atoms with Gasteiger partial charge in [-0.3, -0.25) is 4.79 Å². The summed E-state index contributed by atoms with van der Waals surface area (Å²) < 4.78 is 7.04. The number of ether oxygens (including phenoxy) is 1. The van der Waals surface area contributed by atoms with Crippen LogP contribution >= 0.6 is 0 Å². The van der Waals surface area contributed by atoms with Crippen LogP contribution in [0.1, 0.15) is 24.4 Å². The number of nitrogens with one attached hydrogen (secondary N) is 1. The monoisotopic (exact) mass is 285 g/mol. The van der Waals surface area contributed by atoms with Crippen LogP contribution in [0.3, 0.4) is 0 Å². The highest BCUT2D eigenvalue weighted by molar-refractivity contribution is 5.92. The molecule has 110 valence electrons. The molecule has 0 radical (unpaired) electrons. The van der Waals surface area contributed by atoms with Crippen LogP contribution in [0.4, 0.5) is 0 Å². The summed E-state index contributed by atoms with van der Waals surface area (Å²) in [5.41, 5.74) is 1.39. The minimum Gasteiger partial charge on any atom is -0.497 e. The number of rotatable bonds is 5. The highest BCUT2D eigenvalue weighted by Gasteiger charge is 2.20. The van der Waals surface area contributed by atoms with Gasteiger partial charge in [0, 0.05) is 25.0 Å². The molecule has 0 fully saturated rings. The minimum atomic E-state index is -0.333. The molecule has 1 aromatic carbocycles. The van der Waals surface area contributed by atoms with Gasteiger partial charge >= 0.3 is 0 Å². The van der Waals surface area contributed by atoms with E-state index in [4.69, 9.17) is 4.74 Å². The topological polar surface area (TPSA) is 56.1 Å². The van der Waals surface area contributed by atoms with Crippen molar-refractivity contribution in [3.05, 3.63) is 60.2 Å². The number of benzene rings is 1. The van der Waals surface area contributed by atoms with Gasteiger partial charge in [0.25, 0.3) is 0 Å². The molecular formula is C16H19N3O2. The molecule has 0 aliphatic carbocycles. The highest BCUT2D eigenvalue weighted by atomic mass is 16.5. The Bertz CT molecular complexity index is 644. The zero-order valence-corrected chi connectivity index (χ0v) is 12.5. The molecule has 5 nitrogen and oxygen atoms in total. The third-order valence-corrected chi connectivity index (χ3v) is 3.23. The van der Waals surface area contributed by atoms with Crippen LogP contribution in [-0.4, -0.2) is 22.6 Å². The van der Waals surface area contributed by atoms with E-state index in [1.54, 1.807) is 20.2 Å². The molecule has 0 saturated carbocycles. The van der Waals surface area contributed by atoms with Crippen molar-refractivity contribution in [2.24, 2.45) is 7.05 Å². The van der Waals surface area contributed by atoms with E-state index >= 15 is 0 Å². The lowest BCUT2D eigenvalue weighted by atomic mass is 10.1. The predicted octanol–water partition coefficient (Wildman–Crippen LogP) is 2.21. The fraction of sp³-hybridized carbons (Fsp3) is 0.250. The minimum absolute atomic E-state index is 0.196. The number of hydrogen-bond donors (Lipinski definition) is 1. The van der Waals surface area contributed by atoms with Crippen molar-refractivity contribution in [3.8, 4) is 5.75 Å². The fourth-order valence-corrected chi connectivity index (χ4v) is 2.00. The van der Waals surface area contributed by atoms with Crippen LogP contribution in [0.5, 0.6) is 5.75 Å². The maximum atomic E-state index is 12.0. The van der Waals surface area contributed by atoms with E-state index in [0.29, 0.717) is 5.57 Å². The molecule has 5 heteroatoms. The summed E-state index contributed by atoms with van der Waals surface area (Å²) in [6.45, 7) is 5.35. The number of imidazole rings is 1. The average molecular weight is 285 g/mol. The maximum Gasteiger partial charge on any atom is 0.247 e. The number of aromatic nitrogens is 2. The van der Waals surface area contributed by atoms with E-state index in [2.05, 4.69) is 16.9 Å². The van der Waals surface area contributed by atoms with E-state index in [-0.39, 0.29) is 11.9 Å². The van der Waals surface area contributed by atoms with E-state index < -0.39 is 0 Å². The SMILES string of the molecule is C=C(C)C(=O)NC(c1ccc(OC)cc1)c1nccn1C. The lowest BCUT2D eigenvalue weighted by molar-refractivity contribution is -0.117. The quantitative estimate of drug-likeness (QED) is 0.857. The normalized spacial score (nSPS) is 11.8. The van der Waals surface area contributed by atoms with Gasteiger partial charge in [-0.2, -0.15) is 0 Å². The Balaban J connectivity index is 2.37. The number of aryl methyl sites for hydroxylation is 1. The summed E-state index contributed by atoms with van der Waals surface area (Å²) in [7, 11) is 3.51. The van der Waals surface area contributed by atoms with Crippen molar-refractivity contribution in [1.29, 1.82) is 0 Å². The smallest absolute Gasteiger partial charge is 0.247 e. The van der Waals surface area contributed by atoms with Crippen LogP contribution < -0.4 is 10.1 Å². The third kappa shape index (κ3) is 3.31. The maximum absolute atomic E-state index is 12.0. The van der Waals surface area contributed by atoms with Crippen LogP contribution in [-0.2, 0) is 11.8 Å². The van der Waals surface area contributed by atoms with Gasteiger partial charge in [-0.1, -0.05) is 18.7 Å². The summed E-state index contributed by atoms with van der Waals surface area (Å²) in [6, 6.07) is 7.21. The van der Waals surface area contributed by atoms with Gasteiger partial charge in [0.1, 0.15) is 17.6 Å². The van der Waals surface area contributed by atoms with Gasteiger partial charge in [0.2, 0.25) is 5.91 Å². The Morgan fingerprint density at radius 3 is 2.52 bits per heavy atom. The van der Waals surface area contributed by atoms with Crippen molar-refractivity contribution >= 4 is 5.91 Å². The van der Waals surface area contributed by atoms with Crippen molar-refractivity contribution < 1.29 is 9.53 Å². The van der Waals surface area contributed by atoms with Gasteiger partial charge in [-0.25, -0.2) is 4.98 Å². The number of hydrogen-bond acceptors (Lipinski definition) is 3. The number of amides is 1. The van der Waals surface area contributed by atoms with Crippen molar-refractivity contribution in [2.45, 2.75) is 13.0 Å². The Morgan fingerprint density at radius 2 is 2.05 bits per heavy atom. The van der Waals surface area contributed by atoms with Gasteiger partial charge in [-0.15, -0.1) is 0 Å². The molecule has 1 heterocycles. The molecule has 1 N–H and O–H groups in total. The zero-order valence-electron chi connectivity index (χ0n) is 12.5. The van der Waals surface area contributed by atoms with Crippen molar-refractivity contribution in [1.82, 2.24) is 14.9 Å². The highest BCUT2D eigenvalue weighted by Crippen LogP contribution is 2.23. The number of methoxy groups -OCH3 is 1. The molecule has 0 bridgehead atoms. The van der Waals surface area contributed by atoms with E-state index in [1.165, 1.54) is 0 Å². The largest absolute Gasteiger partial charge is 0.497 e. The van der Waals surface area contributed by atoms with Gasteiger partial charge in [0.05, 0.1) is 7.11 Å². The Hall–Kier alpha value is -2.56. The van der Waals surface area contributed by atoms with Crippen LogP contribution in [0, 0.1) is 0 Å². The summed E-state index contributed by atoms with van der Waals surface area (Å²) >= 11 is 0. The molecule has 0 spiro atoms. The molecule has 1 aromatic heterocycles. The standard InChI is InChI=1S/C16H19N3O2/c1-11(2)16(20)18-14(15-17-9-10-19(15)3)12-5-7-13(21-4)8-6-12/h5-10,14H,1H2,2-4H3,(H,18,20). The summed E-state index contributed by atoms with van der Waals surface area (Å²) in [5.74, 6) is 1.33. The Kier molecular flexibility index (Phi) is 4.42. The summed E-state index contributed by atoms with van der Waals surface area (Å²) in [6.07, 6.45) is 3.55. The predicted molar refractivity (Wildman–Crippen MR) is 81.0 cm³/mol. The third-order valence-electron chi connectivity index (χ3n) is 3.23. The van der Waals surface area contributed by atoms with E-state index in [0.717, 1.165) is 17.1 Å². The Morgan fingerprint density at radius 1 is 1.38 bits per heavy atom. The first-order valence-corrected chi connectivity index (χ1v) is 6.60. The first kappa shape index (κ1) is 14.8. The number of carbonyl (C=O) groups excluding carboxylic acids is 1. The average Bonchev–Trinajstić information content (AvgIpc) is 2.90. The number of carbonyl (C=O) groups is 1. The van der Waals surface area contributed by atoms with Gasteiger partial charge in [0.15, 0.2) is 0 Å². The van der Waals surface area contributed by atoms with Crippen LogP contribution in [0.25, 0.3) is 0 Å². The van der Waals surface area contributed by atoms with Gasteiger partial charge < -0.3 is 14.6 Å². The molecule has 1 unspecified atom stereocenters. The first-order valence-electron chi connectivity index (χ1n) is 6.60. The second kappa shape index (κ2) is 6.26. The molecule has 2 rings (SSSR count). The van der Waals surface area contributed by atoms with Crippen molar-refractivity contribution in [3.63, 3.8) is 0 Å². The first-order chi connectivity index (χ1) is 10.0. The lowest BCUT2D eigenvalue weighted by Crippen LogP contribution is -2.31. The Labute approximate surface area is 124 Å². The number of nitrogens with zero attached hydrogens (tertiary/aromatic N) is 2.